The molecule has 0 saturated carbocycles. The van der Waals surface area contributed by atoms with Gasteiger partial charge in [0, 0.05) is 11.6 Å². The fourth-order valence-corrected chi connectivity index (χ4v) is 2.99. The minimum Gasteiger partial charge on any atom is -0.449 e. The van der Waals surface area contributed by atoms with Crippen molar-refractivity contribution in [1.82, 2.24) is 4.98 Å². The number of nitrogens with one attached hydrogen (secondary N) is 1. The van der Waals surface area contributed by atoms with E-state index in [-0.39, 0.29) is 0 Å². The number of hydrogen-bond donors (Lipinski definition) is 1. The second-order valence-electron chi connectivity index (χ2n) is 5.19. The maximum absolute atomic E-state index is 12.4. The van der Waals surface area contributed by atoms with Crippen molar-refractivity contribution in [3.05, 3.63) is 59.1 Å². The van der Waals surface area contributed by atoms with Crippen molar-refractivity contribution >= 4 is 39.1 Å². The Balaban J connectivity index is 1.74. The molecule has 1 atom stereocenters. The Hall–Kier alpha value is -3.24. The fourth-order valence-electron chi connectivity index (χ4n) is 2.25. The number of rotatable bonds is 4. The number of hydrogen-bond acceptors (Lipinski definition) is 6. The Labute approximate surface area is 147 Å². The van der Waals surface area contributed by atoms with E-state index in [0.29, 0.717) is 21.6 Å². The number of anilines is 1. The van der Waals surface area contributed by atoms with Crippen molar-refractivity contribution < 1.29 is 14.3 Å². The first-order valence-corrected chi connectivity index (χ1v) is 8.31. The van der Waals surface area contributed by atoms with Gasteiger partial charge in [0.15, 0.2) is 6.10 Å². The van der Waals surface area contributed by atoms with Gasteiger partial charge in [0.1, 0.15) is 11.1 Å². The third-order valence-corrected chi connectivity index (χ3v) is 4.36. The predicted molar refractivity (Wildman–Crippen MR) is 94.3 cm³/mol. The summed E-state index contributed by atoms with van der Waals surface area (Å²) >= 11 is 1.23. The standard InChI is InChI=1S/C18H13N3O3S/c1-11(16(22)21-17-13(10-19)7-9-25-17)24-18(23)14-6-2-4-12-5-3-8-20-15(12)14/h2-9,11H,1H3,(H,21,22)/t11-/m0/s1. The molecule has 25 heavy (non-hydrogen) atoms. The molecular weight excluding hydrogens is 338 g/mol. The minimum absolute atomic E-state index is 0.298. The van der Waals surface area contributed by atoms with Gasteiger partial charge < -0.3 is 10.1 Å². The highest BCUT2D eigenvalue weighted by molar-refractivity contribution is 7.14. The van der Waals surface area contributed by atoms with Crippen LogP contribution < -0.4 is 5.32 Å². The number of benzene rings is 1. The highest BCUT2D eigenvalue weighted by Crippen LogP contribution is 2.23. The van der Waals surface area contributed by atoms with Gasteiger partial charge >= 0.3 is 5.97 Å². The molecule has 0 fully saturated rings. The molecule has 0 saturated heterocycles. The number of aromatic nitrogens is 1. The molecule has 7 heteroatoms. The third kappa shape index (κ3) is 3.49. The zero-order valence-corrected chi connectivity index (χ0v) is 14.0. The van der Waals surface area contributed by atoms with Gasteiger partial charge in [-0.25, -0.2) is 4.79 Å². The van der Waals surface area contributed by atoms with E-state index in [2.05, 4.69) is 10.3 Å². The van der Waals surface area contributed by atoms with Crippen LogP contribution in [-0.4, -0.2) is 23.0 Å². The zero-order chi connectivity index (χ0) is 17.8. The van der Waals surface area contributed by atoms with Crippen LogP contribution in [0.15, 0.2) is 48.0 Å². The lowest BCUT2D eigenvalue weighted by Crippen LogP contribution is -2.30. The van der Waals surface area contributed by atoms with Crippen LogP contribution >= 0.6 is 11.3 Å². The predicted octanol–water partition coefficient (Wildman–Crippen LogP) is 3.35. The van der Waals surface area contributed by atoms with Crippen LogP contribution in [0.25, 0.3) is 10.9 Å². The Morgan fingerprint density at radius 1 is 1.28 bits per heavy atom. The first-order valence-electron chi connectivity index (χ1n) is 7.43. The van der Waals surface area contributed by atoms with Crippen molar-refractivity contribution in [2.24, 2.45) is 0 Å². The number of carbonyl (C=O) groups excluding carboxylic acids is 2. The van der Waals surface area contributed by atoms with Crippen LogP contribution in [0.3, 0.4) is 0 Å². The van der Waals surface area contributed by atoms with Gasteiger partial charge in [-0.15, -0.1) is 11.3 Å². The van der Waals surface area contributed by atoms with E-state index >= 15 is 0 Å². The van der Waals surface area contributed by atoms with Gasteiger partial charge in [-0.1, -0.05) is 18.2 Å². The number of esters is 1. The van der Waals surface area contributed by atoms with Crippen LogP contribution in [0, 0.1) is 11.3 Å². The van der Waals surface area contributed by atoms with E-state index in [9.17, 15) is 9.59 Å². The van der Waals surface area contributed by atoms with Crippen molar-refractivity contribution in [2.75, 3.05) is 5.32 Å². The summed E-state index contributed by atoms with van der Waals surface area (Å²) in [5.74, 6) is -1.13. The topological polar surface area (TPSA) is 92.1 Å². The quantitative estimate of drug-likeness (QED) is 0.728. The molecule has 0 aliphatic carbocycles. The molecule has 0 spiro atoms. The van der Waals surface area contributed by atoms with Gasteiger partial charge in [-0.2, -0.15) is 5.26 Å². The lowest BCUT2D eigenvalue weighted by atomic mass is 10.1. The number of ether oxygens (including phenoxy) is 1. The smallest absolute Gasteiger partial charge is 0.341 e. The molecular formula is C18H13N3O3S. The van der Waals surface area contributed by atoms with Gasteiger partial charge in [0.2, 0.25) is 0 Å². The maximum atomic E-state index is 12.4. The normalized spacial score (nSPS) is 11.5. The Morgan fingerprint density at radius 3 is 2.88 bits per heavy atom. The SMILES string of the molecule is C[C@H](OC(=O)c1cccc2cccnc12)C(=O)Nc1sccc1C#N. The van der Waals surface area contributed by atoms with E-state index < -0.39 is 18.0 Å². The van der Waals surface area contributed by atoms with Crippen LogP contribution in [0.1, 0.15) is 22.8 Å². The summed E-state index contributed by atoms with van der Waals surface area (Å²) in [6.45, 7) is 1.48. The summed E-state index contributed by atoms with van der Waals surface area (Å²) in [7, 11) is 0. The molecule has 0 radical (unpaired) electrons. The molecule has 124 valence electrons. The Bertz CT molecular complexity index is 985. The molecule has 0 bridgehead atoms. The summed E-state index contributed by atoms with van der Waals surface area (Å²) < 4.78 is 5.26. The number of nitrogens with zero attached hydrogens (tertiary/aromatic N) is 2. The summed E-state index contributed by atoms with van der Waals surface area (Å²) in [4.78, 5) is 28.8. The molecule has 2 aromatic heterocycles. The molecule has 0 aliphatic heterocycles. The minimum atomic E-state index is -1.01. The second-order valence-corrected chi connectivity index (χ2v) is 6.11. The molecule has 1 N–H and O–H groups in total. The average molecular weight is 351 g/mol. The van der Waals surface area contributed by atoms with E-state index in [0.717, 1.165) is 5.39 Å². The summed E-state index contributed by atoms with van der Waals surface area (Å²) in [6.07, 6.45) is 0.579. The molecule has 2 heterocycles. The second kappa shape index (κ2) is 7.11. The number of nitriles is 1. The monoisotopic (exact) mass is 351 g/mol. The fraction of sp³-hybridized carbons (Fsp3) is 0.111. The summed E-state index contributed by atoms with van der Waals surface area (Å²) in [5.41, 5.74) is 1.19. The van der Waals surface area contributed by atoms with Gasteiger partial charge in [-0.05, 0) is 30.5 Å². The molecule has 1 amide bonds. The van der Waals surface area contributed by atoms with Crippen molar-refractivity contribution in [3.8, 4) is 6.07 Å². The summed E-state index contributed by atoms with van der Waals surface area (Å²) in [5, 5.41) is 14.5. The van der Waals surface area contributed by atoms with E-state index in [1.165, 1.54) is 18.3 Å². The lowest BCUT2D eigenvalue weighted by molar-refractivity contribution is -0.123. The van der Waals surface area contributed by atoms with Crippen molar-refractivity contribution in [2.45, 2.75) is 13.0 Å². The molecule has 3 aromatic rings. The van der Waals surface area contributed by atoms with Crippen molar-refractivity contribution in [1.29, 1.82) is 5.26 Å². The zero-order valence-electron chi connectivity index (χ0n) is 13.2. The first kappa shape index (κ1) is 16.6. The van der Waals surface area contributed by atoms with Crippen LogP contribution in [-0.2, 0) is 9.53 Å². The molecule has 6 nitrogen and oxygen atoms in total. The highest BCUT2D eigenvalue weighted by atomic mass is 32.1. The molecule has 1 aromatic carbocycles. The summed E-state index contributed by atoms with van der Waals surface area (Å²) in [6, 6.07) is 12.4. The number of thiophene rings is 1. The van der Waals surface area contributed by atoms with Crippen LogP contribution in [0.2, 0.25) is 0 Å². The van der Waals surface area contributed by atoms with Gasteiger partial charge in [0.05, 0.1) is 16.6 Å². The van der Waals surface area contributed by atoms with Gasteiger partial charge in [-0.3, -0.25) is 9.78 Å². The third-order valence-electron chi connectivity index (χ3n) is 3.53. The number of carbonyl (C=O) groups is 2. The van der Waals surface area contributed by atoms with Crippen LogP contribution in [0.4, 0.5) is 5.00 Å². The van der Waals surface area contributed by atoms with E-state index in [1.54, 1.807) is 35.8 Å². The van der Waals surface area contributed by atoms with E-state index in [1.807, 2.05) is 18.2 Å². The number of para-hydroxylation sites is 1. The average Bonchev–Trinajstić information content (AvgIpc) is 3.08. The first-order chi connectivity index (χ1) is 12.1. The Morgan fingerprint density at radius 2 is 2.08 bits per heavy atom. The largest absolute Gasteiger partial charge is 0.449 e. The van der Waals surface area contributed by atoms with Crippen LogP contribution in [0.5, 0.6) is 0 Å². The number of fused-ring (bicyclic) bond motifs is 1. The molecule has 0 aliphatic rings. The Kier molecular flexibility index (Phi) is 4.73. The van der Waals surface area contributed by atoms with Crippen molar-refractivity contribution in [3.63, 3.8) is 0 Å². The van der Waals surface area contributed by atoms with E-state index in [4.69, 9.17) is 10.00 Å². The number of amides is 1. The highest BCUT2D eigenvalue weighted by Gasteiger charge is 2.21. The van der Waals surface area contributed by atoms with Gasteiger partial charge in [0.25, 0.3) is 5.91 Å². The molecule has 3 rings (SSSR count). The lowest BCUT2D eigenvalue weighted by Gasteiger charge is -2.13. The molecule has 0 unspecified atom stereocenters. The number of pyridine rings is 1. The maximum Gasteiger partial charge on any atom is 0.341 e.